The van der Waals surface area contributed by atoms with E-state index in [9.17, 15) is 4.79 Å². The lowest BCUT2D eigenvalue weighted by atomic mass is 10.1. The van der Waals surface area contributed by atoms with E-state index in [2.05, 4.69) is 16.4 Å². The maximum absolute atomic E-state index is 11.8. The van der Waals surface area contributed by atoms with Gasteiger partial charge in [-0.25, -0.2) is 4.98 Å². The zero-order valence-electron chi connectivity index (χ0n) is 15.9. The second-order valence-corrected chi connectivity index (χ2v) is 6.57. The molecule has 0 aliphatic carbocycles. The van der Waals surface area contributed by atoms with E-state index in [0.29, 0.717) is 22.9 Å². The molecule has 3 aromatic rings. The van der Waals surface area contributed by atoms with Crippen molar-refractivity contribution >= 4 is 17.4 Å². The fourth-order valence-corrected chi connectivity index (χ4v) is 2.99. The van der Waals surface area contributed by atoms with E-state index in [4.69, 9.17) is 15.7 Å². The fraction of sp³-hybridized carbons (Fsp3) is 0.136. The van der Waals surface area contributed by atoms with Crippen LogP contribution in [0.3, 0.4) is 0 Å². The zero-order valence-corrected chi connectivity index (χ0v) is 15.9. The Hall–Kier alpha value is -3.85. The van der Waals surface area contributed by atoms with E-state index < -0.39 is 5.91 Å². The predicted molar refractivity (Wildman–Crippen MR) is 108 cm³/mol. The second kappa shape index (κ2) is 7.80. The Balaban J connectivity index is 1.96. The molecule has 6 nitrogen and oxygen atoms in total. The Labute approximate surface area is 163 Å². The number of anilines is 2. The molecule has 0 spiro atoms. The first kappa shape index (κ1) is 18.9. The van der Waals surface area contributed by atoms with E-state index >= 15 is 0 Å². The van der Waals surface area contributed by atoms with Gasteiger partial charge in [-0.1, -0.05) is 17.7 Å². The highest BCUT2D eigenvalue weighted by molar-refractivity contribution is 5.95. The molecule has 28 heavy (non-hydrogen) atoms. The summed E-state index contributed by atoms with van der Waals surface area (Å²) in [7, 11) is 0. The van der Waals surface area contributed by atoms with Crippen LogP contribution in [-0.2, 0) is 0 Å². The Morgan fingerprint density at radius 2 is 1.75 bits per heavy atom. The highest BCUT2D eigenvalue weighted by Gasteiger charge is 2.15. The average Bonchev–Trinajstić information content (AvgIpc) is 2.65. The Morgan fingerprint density at radius 3 is 2.32 bits per heavy atom. The molecule has 0 atom stereocenters. The number of nitrogens with two attached hydrogens (primary N) is 1. The number of pyridine rings is 1. The lowest BCUT2D eigenvalue weighted by molar-refractivity contribution is 0.0997. The van der Waals surface area contributed by atoms with Gasteiger partial charge in [0.25, 0.3) is 5.91 Å². The highest BCUT2D eigenvalue weighted by Crippen LogP contribution is 2.33. The van der Waals surface area contributed by atoms with Crippen LogP contribution in [0, 0.1) is 32.1 Å². The molecule has 0 saturated carbocycles. The summed E-state index contributed by atoms with van der Waals surface area (Å²) in [4.78, 5) is 16.1. The van der Waals surface area contributed by atoms with Crippen LogP contribution < -0.4 is 15.8 Å². The summed E-state index contributed by atoms with van der Waals surface area (Å²) in [6, 6.07) is 14.7. The molecule has 3 rings (SSSR count). The standard InChI is InChI=1S/C22H20N4O2/c1-13-8-14(2)21(15(3)9-13)28-19-10-20(25-12-18(19)22(24)27)26-17-6-4-16(11-23)5-7-17/h4-10,12H,1-3H3,(H2,24,27)(H,25,26). The van der Waals surface area contributed by atoms with Crippen LogP contribution in [0.25, 0.3) is 0 Å². The third kappa shape index (κ3) is 4.10. The summed E-state index contributed by atoms with van der Waals surface area (Å²) in [5.41, 5.74) is 10.1. The largest absolute Gasteiger partial charge is 0.456 e. The minimum atomic E-state index is -0.616. The van der Waals surface area contributed by atoms with Crippen molar-refractivity contribution in [3.63, 3.8) is 0 Å². The Kier molecular flexibility index (Phi) is 5.28. The first-order valence-corrected chi connectivity index (χ1v) is 8.70. The molecule has 2 aromatic carbocycles. The average molecular weight is 372 g/mol. The number of nitriles is 1. The summed E-state index contributed by atoms with van der Waals surface area (Å²) in [5.74, 6) is 0.888. The summed E-state index contributed by atoms with van der Waals surface area (Å²) in [6.07, 6.45) is 1.39. The summed E-state index contributed by atoms with van der Waals surface area (Å²) < 4.78 is 6.08. The van der Waals surface area contributed by atoms with Crippen molar-refractivity contribution in [3.05, 3.63) is 76.5 Å². The quantitative estimate of drug-likeness (QED) is 0.686. The fourth-order valence-electron chi connectivity index (χ4n) is 2.99. The Bertz CT molecular complexity index is 1060. The molecular formula is C22H20N4O2. The van der Waals surface area contributed by atoms with E-state index in [1.165, 1.54) is 6.20 Å². The molecule has 1 heterocycles. The van der Waals surface area contributed by atoms with Crippen LogP contribution in [-0.4, -0.2) is 10.9 Å². The van der Waals surface area contributed by atoms with Gasteiger partial charge in [0.2, 0.25) is 0 Å². The molecule has 3 N–H and O–H groups in total. The molecule has 1 aromatic heterocycles. The van der Waals surface area contributed by atoms with Crippen LogP contribution >= 0.6 is 0 Å². The molecule has 1 amide bonds. The summed E-state index contributed by atoms with van der Waals surface area (Å²) in [6.45, 7) is 5.93. The van der Waals surface area contributed by atoms with Crippen LogP contribution in [0.2, 0.25) is 0 Å². The van der Waals surface area contributed by atoms with Gasteiger partial charge in [-0.3, -0.25) is 4.79 Å². The molecule has 140 valence electrons. The number of nitrogens with one attached hydrogen (secondary N) is 1. The number of hydrogen-bond donors (Lipinski definition) is 2. The number of benzene rings is 2. The molecule has 0 radical (unpaired) electrons. The van der Waals surface area contributed by atoms with Gasteiger partial charge in [-0.05, 0) is 56.2 Å². The number of hydrogen-bond acceptors (Lipinski definition) is 5. The minimum absolute atomic E-state index is 0.199. The molecule has 0 saturated heterocycles. The maximum Gasteiger partial charge on any atom is 0.254 e. The molecular weight excluding hydrogens is 352 g/mol. The summed E-state index contributed by atoms with van der Waals surface area (Å²) >= 11 is 0. The van der Waals surface area contributed by atoms with E-state index in [0.717, 1.165) is 22.4 Å². The van der Waals surface area contributed by atoms with Gasteiger partial charge in [0.05, 0.1) is 11.6 Å². The number of carbonyl (C=O) groups is 1. The van der Waals surface area contributed by atoms with Gasteiger partial charge >= 0.3 is 0 Å². The second-order valence-electron chi connectivity index (χ2n) is 6.57. The van der Waals surface area contributed by atoms with Crippen molar-refractivity contribution in [3.8, 4) is 17.6 Å². The van der Waals surface area contributed by atoms with Crippen molar-refractivity contribution in [2.75, 3.05) is 5.32 Å². The number of amides is 1. The first-order chi connectivity index (χ1) is 13.4. The number of primary amides is 1. The topological polar surface area (TPSA) is 101 Å². The third-order valence-corrected chi connectivity index (χ3v) is 4.23. The molecule has 0 unspecified atom stereocenters. The van der Waals surface area contributed by atoms with Gasteiger partial charge < -0.3 is 15.8 Å². The lowest BCUT2D eigenvalue weighted by Gasteiger charge is -2.16. The molecule has 0 bridgehead atoms. The van der Waals surface area contributed by atoms with Gasteiger partial charge in [0, 0.05) is 18.0 Å². The van der Waals surface area contributed by atoms with Gasteiger partial charge in [0.15, 0.2) is 0 Å². The van der Waals surface area contributed by atoms with Crippen LogP contribution in [0.5, 0.6) is 11.5 Å². The van der Waals surface area contributed by atoms with Crippen LogP contribution in [0.15, 0.2) is 48.7 Å². The monoisotopic (exact) mass is 372 g/mol. The lowest BCUT2D eigenvalue weighted by Crippen LogP contribution is -2.13. The SMILES string of the molecule is Cc1cc(C)c(Oc2cc(Nc3ccc(C#N)cc3)ncc2C(N)=O)c(C)c1. The number of aromatic nitrogens is 1. The van der Waals surface area contributed by atoms with Gasteiger partial charge in [0.1, 0.15) is 22.9 Å². The minimum Gasteiger partial charge on any atom is -0.456 e. The smallest absolute Gasteiger partial charge is 0.254 e. The molecule has 6 heteroatoms. The number of ether oxygens (including phenoxy) is 1. The van der Waals surface area contributed by atoms with Crippen molar-refractivity contribution < 1.29 is 9.53 Å². The highest BCUT2D eigenvalue weighted by atomic mass is 16.5. The maximum atomic E-state index is 11.8. The normalized spacial score (nSPS) is 10.2. The molecule has 0 aliphatic heterocycles. The number of rotatable bonds is 5. The van der Waals surface area contributed by atoms with Gasteiger partial charge in [-0.2, -0.15) is 5.26 Å². The van der Waals surface area contributed by atoms with Crippen molar-refractivity contribution in [1.82, 2.24) is 4.98 Å². The number of nitrogens with zero attached hydrogens (tertiary/aromatic N) is 2. The summed E-state index contributed by atoms with van der Waals surface area (Å²) in [5, 5.41) is 12.0. The van der Waals surface area contributed by atoms with Crippen molar-refractivity contribution in [2.24, 2.45) is 5.73 Å². The van der Waals surface area contributed by atoms with Gasteiger partial charge in [-0.15, -0.1) is 0 Å². The van der Waals surface area contributed by atoms with E-state index in [1.807, 2.05) is 32.9 Å². The number of carbonyl (C=O) groups excluding carboxylic acids is 1. The third-order valence-electron chi connectivity index (χ3n) is 4.23. The molecule has 0 fully saturated rings. The van der Waals surface area contributed by atoms with E-state index in [1.54, 1.807) is 30.3 Å². The van der Waals surface area contributed by atoms with Crippen LogP contribution in [0.1, 0.15) is 32.6 Å². The van der Waals surface area contributed by atoms with E-state index in [-0.39, 0.29) is 5.56 Å². The predicted octanol–water partition coefficient (Wildman–Crippen LogP) is 4.51. The van der Waals surface area contributed by atoms with Crippen LogP contribution in [0.4, 0.5) is 11.5 Å². The van der Waals surface area contributed by atoms with Crippen molar-refractivity contribution in [1.29, 1.82) is 5.26 Å². The molecule has 0 aliphatic rings. The zero-order chi connectivity index (χ0) is 20.3. The van der Waals surface area contributed by atoms with Crippen molar-refractivity contribution in [2.45, 2.75) is 20.8 Å². The first-order valence-electron chi connectivity index (χ1n) is 8.70. The Morgan fingerprint density at radius 1 is 1.11 bits per heavy atom. The number of aryl methyl sites for hydroxylation is 3.